The van der Waals surface area contributed by atoms with Gasteiger partial charge in [-0.1, -0.05) is 24.3 Å². The minimum atomic E-state index is -0.543. The second-order valence-corrected chi connectivity index (χ2v) is 9.38. The van der Waals surface area contributed by atoms with Crippen LogP contribution in [0.15, 0.2) is 42.5 Å². The van der Waals surface area contributed by atoms with Crippen molar-refractivity contribution in [1.29, 1.82) is 0 Å². The molecule has 2 atom stereocenters. The molecule has 0 aromatic heterocycles. The number of benzene rings is 2. The van der Waals surface area contributed by atoms with E-state index in [1.165, 1.54) is 11.1 Å². The minimum absolute atomic E-state index is 0.0349. The van der Waals surface area contributed by atoms with Gasteiger partial charge in [-0.25, -0.2) is 0 Å². The van der Waals surface area contributed by atoms with Crippen LogP contribution in [0.2, 0.25) is 0 Å². The normalized spacial score (nSPS) is 21.9. The molecule has 2 aromatic carbocycles. The van der Waals surface area contributed by atoms with Crippen LogP contribution in [-0.4, -0.2) is 79.4 Å². The average Bonchev–Trinajstić information content (AvgIpc) is 3.35. The zero-order valence-corrected chi connectivity index (χ0v) is 18.9. The predicted octanol–water partition coefficient (Wildman–Crippen LogP) is 2.33. The fourth-order valence-corrected chi connectivity index (χ4v) is 5.28. The highest BCUT2D eigenvalue weighted by atomic mass is 16.5. The fraction of sp³-hybridized carbons (Fsp3) is 0.500. The van der Waals surface area contributed by atoms with Gasteiger partial charge in [-0.2, -0.15) is 0 Å². The van der Waals surface area contributed by atoms with Crippen LogP contribution < -0.4 is 4.90 Å². The number of aliphatic hydroxyl groups excluding tert-OH is 1. The van der Waals surface area contributed by atoms with Crippen molar-refractivity contribution in [2.24, 2.45) is 0 Å². The molecule has 0 saturated carbocycles. The lowest BCUT2D eigenvalue weighted by Crippen LogP contribution is -2.46. The highest BCUT2D eigenvalue weighted by Gasteiger charge is 2.28. The Morgan fingerprint density at radius 1 is 1.09 bits per heavy atom. The molecule has 1 N–H and O–H groups in total. The van der Waals surface area contributed by atoms with E-state index in [1.54, 1.807) is 0 Å². The highest BCUT2D eigenvalue weighted by molar-refractivity contribution is 5.97. The number of amides is 1. The van der Waals surface area contributed by atoms with Gasteiger partial charge in [-0.3, -0.25) is 9.69 Å². The molecule has 1 fully saturated rings. The molecule has 3 aliphatic heterocycles. The van der Waals surface area contributed by atoms with Gasteiger partial charge in [0.15, 0.2) is 0 Å². The Kier molecular flexibility index (Phi) is 6.17. The van der Waals surface area contributed by atoms with Crippen molar-refractivity contribution in [3.05, 3.63) is 64.7 Å². The van der Waals surface area contributed by atoms with Crippen LogP contribution in [0.3, 0.4) is 0 Å². The quantitative estimate of drug-likeness (QED) is 0.755. The summed E-state index contributed by atoms with van der Waals surface area (Å²) in [5.74, 6) is 0.0349. The molecule has 32 heavy (non-hydrogen) atoms. The zero-order chi connectivity index (χ0) is 22.1. The van der Waals surface area contributed by atoms with Crippen molar-refractivity contribution in [3.8, 4) is 0 Å². The van der Waals surface area contributed by atoms with E-state index >= 15 is 0 Å². The number of nitrogens with zero attached hydrogens (tertiary/aromatic N) is 3. The lowest BCUT2D eigenvalue weighted by atomic mass is 9.97. The molecule has 0 aliphatic carbocycles. The number of aliphatic hydroxyl groups is 1. The summed E-state index contributed by atoms with van der Waals surface area (Å²) in [6.45, 7) is 5.04. The van der Waals surface area contributed by atoms with Crippen LogP contribution in [0.1, 0.15) is 33.5 Å². The van der Waals surface area contributed by atoms with Gasteiger partial charge in [0.2, 0.25) is 0 Å². The van der Waals surface area contributed by atoms with Gasteiger partial charge in [-0.15, -0.1) is 0 Å². The van der Waals surface area contributed by atoms with Crippen molar-refractivity contribution >= 4 is 11.6 Å². The molecule has 3 aliphatic rings. The van der Waals surface area contributed by atoms with E-state index in [-0.39, 0.29) is 5.91 Å². The summed E-state index contributed by atoms with van der Waals surface area (Å²) in [6.07, 6.45) is 2.34. The summed E-state index contributed by atoms with van der Waals surface area (Å²) in [6, 6.07) is 15.1. The molecule has 6 heteroatoms. The van der Waals surface area contributed by atoms with E-state index in [2.05, 4.69) is 47.2 Å². The number of carbonyl (C=O) groups excluding carboxylic acids is 1. The Balaban J connectivity index is 1.19. The van der Waals surface area contributed by atoms with Crippen molar-refractivity contribution in [1.82, 2.24) is 9.80 Å². The van der Waals surface area contributed by atoms with Gasteiger partial charge in [0.25, 0.3) is 5.91 Å². The number of carbonyl (C=O) groups is 1. The van der Waals surface area contributed by atoms with E-state index in [9.17, 15) is 9.90 Å². The molecule has 5 rings (SSSR count). The number of rotatable bonds is 6. The van der Waals surface area contributed by atoms with Crippen LogP contribution in [0, 0.1) is 0 Å². The summed E-state index contributed by atoms with van der Waals surface area (Å²) in [7, 11) is 2.10. The first-order chi connectivity index (χ1) is 15.6. The van der Waals surface area contributed by atoms with E-state index in [1.807, 2.05) is 17.0 Å². The molecule has 0 radical (unpaired) electrons. The maximum Gasteiger partial charge on any atom is 0.254 e. The zero-order valence-electron chi connectivity index (χ0n) is 18.9. The first kappa shape index (κ1) is 21.4. The van der Waals surface area contributed by atoms with Crippen LogP contribution in [0.5, 0.6) is 0 Å². The summed E-state index contributed by atoms with van der Waals surface area (Å²) in [5, 5.41) is 10.8. The minimum Gasteiger partial charge on any atom is -0.390 e. The Labute approximate surface area is 190 Å². The molecule has 6 nitrogen and oxygen atoms in total. The predicted molar refractivity (Wildman–Crippen MR) is 125 cm³/mol. The molecular weight excluding hydrogens is 402 g/mol. The van der Waals surface area contributed by atoms with Crippen molar-refractivity contribution in [3.63, 3.8) is 0 Å². The average molecular weight is 436 g/mol. The first-order valence-corrected chi connectivity index (χ1v) is 11.8. The lowest BCUT2D eigenvalue weighted by molar-refractivity contribution is 0.0493. The third-order valence-electron chi connectivity index (χ3n) is 7.23. The third-order valence-corrected chi connectivity index (χ3v) is 7.23. The number of β-amino-alcohol motifs (C(OH)–C–C–N with tert-alkyl or cyclic N) is 1. The van der Waals surface area contributed by atoms with Gasteiger partial charge in [-0.05, 0) is 54.2 Å². The van der Waals surface area contributed by atoms with Crippen LogP contribution in [0.4, 0.5) is 5.69 Å². The maximum absolute atomic E-state index is 13.1. The molecule has 0 bridgehead atoms. The summed E-state index contributed by atoms with van der Waals surface area (Å²) < 4.78 is 5.52. The molecular formula is C26H33N3O3. The second-order valence-electron chi connectivity index (χ2n) is 9.38. The van der Waals surface area contributed by atoms with E-state index in [0.717, 1.165) is 62.4 Å². The van der Waals surface area contributed by atoms with Crippen molar-refractivity contribution < 1.29 is 14.6 Å². The number of hydrogen-bond acceptors (Lipinski definition) is 5. The maximum atomic E-state index is 13.1. The smallest absolute Gasteiger partial charge is 0.254 e. The number of hydrogen-bond donors (Lipinski definition) is 1. The first-order valence-electron chi connectivity index (χ1n) is 11.8. The standard InChI is InChI=1S/C26H33N3O3/c1-27(23-10-13-32-18-23)22-6-7-25-20(14-22)9-12-29(26(25)31)17-24(30)16-28-11-8-19-4-2-3-5-21(19)15-28/h2-7,14,23-24,30H,8-13,15-18H2,1H3/t23?,24-/m1/s1. The largest absolute Gasteiger partial charge is 0.390 e. The van der Waals surface area contributed by atoms with Crippen LogP contribution in [0.25, 0.3) is 0 Å². The van der Waals surface area contributed by atoms with E-state index in [4.69, 9.17) is 4.74 Å². The van der Waals surface area contributed by atoms with E-state index in [0.29, 0.717) is 25.7 Å². The lowest BCUT2D eigenvalue weighted by Gasteiger charge is -2.34. The number of likely N-dealkylation sites (N-methyl/N-ethyl adjacent to an activating group) is 1. The number of anilines is 1. The molecule has 2 aromatic rings. The SMILES string of the molecule is CN(c1ccc2c(c1)CCN(C[C@H](O)CN1CCc3ccccc3C1)C2=O)C1CCOC1. The molecule has 1 unspecified atom stereocenters. The van der Waals surface area contributed by atoms with Crippen LogP contribution >= 0.6 is 0 Å². The molecule has 0 spiro atoms. The van der Waals surface area contributed by atoms with Gasteiger partial charge >= 0.3 is 0 Å². The van der Waals surface area contributed by atoms with E-state index < -0.39 is 6.10 Å². The third kappa shape index (κ3) is 4.40. The number of ether oxygens (including phenoxy) is 1. The molecule has 1 saturated heterocycles. The monoisotopic (exact) mass is 435 g/mol. The van der Waals surface area contributed by atoms with Crippen LogP contribution in [-0.2, 0) is 24.1 Å². The molecule has 3 heterocycles. The second kappa shape index (κ2) is 9.22. The van der Waals surface area contributed by atoms with Gasteiger partial charge in [0.1, 0.15) is 0 Å². The van der Waals surface area contributed by atoms with Crippen molar-refractivity contribution in [2.45, 2.75) is 38.0 Å². The van der Waals surface area contributed by atoms with Gasteiger partial charge in [0.05, 0.1) is 18.8 Å². The van der Waals surface area contributed by atoms with Gasteiger partial charge in [0, 0.05) is 57.6 Å². The highest BCUT2D eigenvalue weighted by Crippen LogP contribution is 2.27. The van der Waals surface area contributed by atoms with Gasteiger partial charge < -0.3 is 19.6 Å². The summed E-state index contributed by atoms with van der Waals surface area (Å²) in [5.41, 5.74) is 5.78. The molecule has 170 valence electrons. The summed E-state index contributed by atoms with van der Waals surface area (Å²) >= 11 is 0. The van der Waals surface area contributed by atoms with Crippen molar-refractivity contribution in [2.75, 3.05) is 51.3 Å². The Hall–Kier alpha value is -2.41. The molecule has 1 amide bonds. The Morgan fingerprint density at radius 2 is 1.91 bits per heavy atom. The number of fused-ring (bicyclic) bond motifs is 2. The Morgan fingerprint density at radius 3 is 2.72 bits per heavy atom. The Bertz CT molecular complexity index is 973. The summed E-state index contributed by atoms with van der Waals surface area (Å²) in [4.78, 5) is 19.5. The topological polar surface area (TPSA) is 56.2 Å². The fourth-order valence-electron chi connectivity index (χ4n) is 5.28.